The molecule has 190 valence electrons. The molecule has 2 aromatic rings. The molecule has 7 nitrogen and oxygen atoms in total. The Labute approximate surface area is 207 Å². The van der Waals surface area contributed by atoms with Gasteiger partial charge in [-0.2, -0.15) is 18.4 Å². The third kappa shape index (κ3) is 5.40. The average Bonchev–Trinajstić information content (AvgIpc) is 3.33. The Hall–Kier alpha value is -3.74. The molecule has 0 saturated carbocycles. The summed E-state index contributed by atoms with van der Waals surface area (Å²) >= 11 is 0. The Balaban J connectivity index is 1.46. The summed E-state index contributed by atoms with van der Waals surface area (Å²) in [6, 6.07) is 14.3. The molecule has 3 amide bonds. The smallest absolute Gasteiger partial charge is 0.370 e. The Morgan fingerprint density at radius 1 is 1.06 bits per heavy atom. The lowest BCUT2D eigenvalue weighted by Crippen LogP contribution is -2.44. The number of benzene rings is 2. The highest BCUT2D eigenvalue weighted by Crippen LogP contribution is 2.40. The van der Waals surface area contributed by atoms with E-state index in [1.165, 1.54) is 12.1 Å². The molecule has 0 bridgehead atoms. The van der Waals surface area contributed by atoms with E-state index in [9.17, 15) is 22.8 Å². The summed E-state index contributed by atoms with van der Waals surface area (Å²) in [5.74, 6) is -0.432. The molecule has 0 aromatic heterocycles. The first-order valence-corrected chi connectivity index (χ1v) is 11.9. The van der Waals surface area contributed by atoms with Crippen molar-refractivity contribution in [1.29, 1.82) is 5.26 Å². The van der Waals surface area contributed by atoms with Crippen LogP contribution in [0.15, 0.2) is 48.5 Å². The number of nitriles is 1. The molecular formula is C26H28F3N5O2. The van der Waals surface area contributed by atoms with Gasteiger partial charge in [0.1, 0.15) is 0 Å². The number of hydrogen-bond acceptors (Lipinski definition) is 4. The second kappa shape index (κ2) is 10.5. The average molecular weight is 500 g/mol. The monoisotopic (exact) mass is 499 g/mol. The van der Waals surface area contributed by atoms with E-state index in [2.05, 4.69) is 10.6 Å². The van der Waals surface area contributed by atoms with Gasteiger partial charge in [0.2, 0.25) is 5.91 Å². The molecule has 2 aromatic carbocycles. The second-order valence-electron chi connectivity index (χ2n) is 9.25. The summed E-state index contributed by atoms with van der Waals surface area (Å²) in [7, 11) is 1.56. The topological polar surface area (TPSA) is 88.5 Å². The van der Waals surface area contributed by atoms with Gasteiger partial charge in [0.15, 0.2) is 0 Å². The highest BCUT2D eigenvalue weighted by Gasteiger charge is 2.43. The Morgan fingerprint density at radius 3 is 2.36 bits per heavy atom. The second-order valence-corrected chi connectivity index (χ2v) is 9.25. The number of nitrogens with one attached hydrogen (secondary N) is 2. The normalized spacial score (nSPS) is 20.6. The summed E-state index contributed by atoms with van der Waals surface area (Å²) in [5, 5.41) is 14.7. The summed E-state index contributed by atoms with van der Waals surface area (Å²) in [6.07, 6.45) is -3.24. The first-order chi connectivity index (χ1) is 17.2. The predicted molar refractivity (Wildman–Crippen MR) is 129 cm³/mol. The number of piperidine rings is 1. The largest absolute Gasteiger partial charge is 0.417 e. The fourth-order valence-electron chi connectivity index (χ4n) is 5.30. The maximum absolute atomic E-state index is 13.5. The summed E-state index contributed by atoms with van der Waals surface area (Å²) < 4.78 is 40.5. The number of halogens is 3. The van der Waals surface area contributed by atoms with Crippen molar-refractivity contribution in [2.75, 3.05) is 43.4 Å². The van der Waals surface area contributed by atoms with E-state index in [0.717, 1.165) is 11.8 Å². The number of hydrogen-bond donors (Lipinski definition) is 2. The third-order valence-electron chi connectivity index (χ3n) is 7.20. The molecule has 10 heteroatoms. The molecule has 2 fully saturated rings. The molecule has 2 N–H and O–H groups in total. The number of carbonyl (C=O) groups excluding carboxylic acids is 2. The van der Waals surface area contributed by atoms with Gasteiger partial charge in [0, 0.05) is 44.6 Å². The van der Waals surface area contributed by atoms with Crippen molar-refractivity contribution in [3.8, 4) is 6.07 Å². The van der Waals surface area contributed by atoms with Crippen LogP contribution in [0.5, 0.6) is 0 Å². The van der Waals surface area contributed by atoms with Gasteiger partial charge in [0.05, 0.1) is 23.1 Å². The lowest BCUT2D eigenvalue weighted by Gasteiger charge is -2.36. The zero-order valence-electron chi connectivity index (χ0n) is 19.9. The van der Waals surface area contributed by atoms with Crippen molar-refractivity contribution < 1.29 is 22.8 Å². The standard InChI is InChI=1S/C26H28F3N5O2/c1-31-24(35)22-16-34(20-8-7-18(14-30)23(13-20)26(27,28)29)15-21(22)17-9-11-33(12-10-17)25(36)32-19-5-3-2-4-6-19/h2-8,13,17,21-22H,9-12,15-16H2,1H3,(H,31,35)(H,32,36)/t21-,22+/m0/s1. The van der Waals surface area contributed by atoms with Crippen LogP contribution in [0, 0.1) is 29.1 Å². The Kier molecular flexibility index (Phi) is 7.38. The fourth-order valence-corrected chi connectivity index (χ4v) is 5.30. The zero-order valence-corrected chi connectivity index (χ0v) is 19.9. The van der Waals surface area contributed by atoms with E-state index >= 15 is 0 Å². The van der Waals surface area contributed by atoms with E-state index in [-0.39, 0.29) is 29.7 Å². The van der Waals surface area contributed by atoms with E-state index in [1.807, 2.05) is 30.3 Å². The lowest BCUT2D eigenvalue weighted by atomic mass is 9.78. The maximum Gasteiger partial charge on any atom is 0.417 e. The molecule has 2 aliphatic heterocycles. The fraction of sp³-hybridized carbons (Fsp3) is 0.423. The number of likely N-dealkylation sites (tertiary alicyclic amines) is 1. The zero-order chi connectivity index (χ0) is 25.9. The van der Waals surface area contributed by atoms with Crippen molar-refractivity contribution >= 4 is 23.3 Å². The third-order valence-corrected chi connectivity index (χ3v) is 7.20. The number of alkyl halides is 3. The van der Waals surface area contributed by atoms with Crippen molar-refractivity contribution in [2.24, 2.45) is 17.8 Å². The van der Waals surface area contributed by atoms with E-state index in [4.69, 9.17) is 5.26 Å². The molecular weight excluding hydrogens is 471 g/mol. The van der Waals surface area contributed by atoms with E-state index in [1.54, 1.807) is 22.9 Å². The van der Waals surface area contributed by atoms with Gasteiger partial charge < -0.3 is 20.4 Å². The minimum absolute atomic E-state index is 0.0609. The van der Waals surface area contributed by atoms with Crippen LogP contribution in [-0.4, -0.2) is 50.1 Å². The molecule has 36 heavy (non-hydrogen) atoms. The van der Waals surface area contributed by atoms with Crippen LogP contribution in [0.4, 0.5) is 29.3 Å². The van der Waals surface area contributed by atoms with Crippen molar-refractivity contribution in [3.63, 3.8) is 0 Å². The molecule has 0 aliphatic carbocycles. The Morgan fingerprint density at radius 2 is 1.75 bits per heavy atom. The number of urea groups is 1. The van der Waals surface area contributed by atoms with Crippen LogP contribution < -0.4 is 15.5 Å². The molecule has 0 spiro atoms. The first-order valence-electron chi connectivity index (χ1n) is 11.9. The van der Waals surface area contributed by atoms with Crippen LogP contribution >= 0.6 is 0 Å². The minimum atomic E-state index is -4.65. The number of carbonyl (C=O) groups is 2. The van der Waals surface area contributed by atoms with Crippen LogP contribution in [0.1, 0.15) is 24.0 Å². The molecule has 4 rings (SSSR count). The van der Waals surface area contributed by atoms with Crippen LogP contribution in [0.25, 0.3) is 0 Å². The van der Waals surface area contributed by atoms with Gasteiger partial charge in [-0.1, -0.05) is 18.2 Å². The van der Waals surface area contributed by atoms with Crippen molar-refractivity contribution in [1.82, 2.24) is 10.2 Å². The van der Waals surface area contributed by atoms with Crippen LogP contribution in [0.3, 0.4) is 0 Å². The predicted octanol–water partition coefficient (Wildman–Crippen LogP) is 4.32. The molecule has 0 radical (unpaired) electrons. The van der Waals surface area contributed by atoms with Gasteiger partial charge in [-0.15, -0.1) is 0 Å². The highest BCUT2D eigenvalue weighted by molar-refractivity contribution is 5.89. The molecule has 2 heterocycles. The number of anilines is 2. The Bertz CT molecular complexity index is 1140. The SMILES string of the molecule is CNC(=O)[C@@H]1CN(c2ccc(C#N)c(C(F)(F)F)c2)C[C@H]1C1CCN(C(=O)Nc2ccccc2)CC1. The van der Waals surface area contributed by atoms with Crippen molar-refractivity contribution in [3.05, 3.63) is 59.7 Å². The van der Waals surface area contributed by atoms with Crippen molar-refractivity contribution in [2.45, 2.75) is 19.0 Å². The summed E-state index contributed by atoms with van der Waals surface area (Å²) in [4.78, 5) is 28.9. The lowest BCUT2D eigenvalue weighted by molar-refractivity contribution is -0.137. The molecule has 2 saturated heterocycles. The van der Waals surface area contributed by atoms with E-state index < -0.39 is 17.3 Å². The van der Waals surface area contributed by atoms with Gasteiger partial charge in [-0.3, -0.25) is 4.79 Å². The summed E-state index contributed by atoms with van der Waals surface area (Å²) in [5.41, 5.74) is -0.333. The van der Waals surface area contributed by atoms with Gasteiger partial charge in [0.25, 0.3) is 0 Å². The number of nitrogens with zero attached hydrogens (tertiary/aromatic N) is 3. The van der Waals surface area contributed by atoms with Gasteiger partial charge in [-0.25, -0.2) is 4.79 Å². The molecule has 2 atom stereocenters. The number of para-hydroxylation sites is 1. The van der Waals surface area contributed by atoms with Crippen LogP contribution in [0.2, 0.25) is 0 Å². The number of amides is 3. The minimum Gasteiger partial charge on any atom is -0.370 e. The number of rotatable bonds is 4. The van der Waals surface area contributed by atoms with E-state index in [0.29, 0.717) is 44.7 Å². The molecule has 2 aliphatic rings. The highest BCUT2D eigenvalue weighted by atomic mass is 19.4. The van der Waals surface area contributed by atoms with Gasteiger partial charge >= 0.3 is 12.2 Å². The van der Waals surface area contributed by atoms with Gasteiger partial charge in [-0.05, 0) is 55.0 Å². The maximum atomic E-state index is 13.5. The summed E-state index contributed by atoms with van der Waals surface area (Å²) in [6.45, 7) is 1.80. The first kappa shape index (κ1) is 25.4. The quantitative estimate of drug-likeness (QED) is 0.656. The van der Waals surface area contributed by atoms with Crippen LogP contribution in [-0.2, 0) is 11.0 Å². The molecule has 0 unspecified atom stereocenters.